The van der Waals surface area contributed by atoms with Gasteiger partial charge in [0, 0.05) is 10.9 Å². The Labute approximate surface area is 128 Å². The fourth-order valence-corrected chi connectivity index (χ4v) is 2.39. The Kier molecular flexibility index (Phi) is 3.58. The zero-order valence-corrected chi connectivity index (χ0v) is 12.1. The third-order valence-electron chi connectivity index (χ3n) is 3.29. The van der Waals surface area contributed by atoms with Crippen LogP contribution in [0.1, 0.15) is 12.5 Å². The molecule has 2 N–H and O–H groups in total. The maximum Gasteiger partial charge on any atom is 0.234 e. The van der Waals surface area contributed by atoms with Crippen molar-refractivity contribution < 1.29 is 4.74 Å². The first kappa shape index (κ1) is 13.8. The third-order valence-corrected chi connectivity index (χ3v) is 3.29. The molecule has 2 aromatic heterocycles. The van der Waals surface area contributed by atoms with Crippen molar-refractivity contribution in [3.63, 3.8) is 0 Å². The first-order valence-electron chi connectivity index (χ1n) is 6.93. The number of anilines is 1. The number of nitrogens with two attached hydrogens (primary N) is 1. The maximum absolute atomic E-state index is 9.59. The number of rotatable bonds is 3. The van der Waals surface area contributed by atoms with E-state index in [0.29, 0.717) is 23.6 Å². The molecule has 0 unspecified atom stereocenters. The van der Waals surface area contributed by atoms with Gasteiger partial charge >= 0.3 is 0 Å². The van der Waals surface area contributed by atoms with E-state index in [1.807, 2.05) is 43.3 Å². The topological polar surface area (TPSA) is 84.8 Å². The molecule has 0 bridgehead atoms. The smallest absolute Gasteiger partial charge is 0.234 e. The van der Waals surface area contributed by atoms with Crippen LogP contribution in [-0.2, 0) is 0 Å². The van der Waals surface area contributed by atoms with Gasteiger partial charge in [-0.15, -0.1) is 0 Å². The Morgan fingerprint density at radius 3 is 2.59 bits per heavy atom. The molecule has 2 heterocycles. The third kappa shape index (κ3) is 2.31. The van der Waals surface area contributed by atoms with Crippen LogP contribution >= 0.6 is 0 Å². The molecule has 0 saturated heterocycles. The summed E-state index contributed by atoms with van der Waals surface area (Å²) < 4.78 is 5.52. The van der Waals surface area contributed by atoms with Crippen molar-refractivity contribution in [1.82, 2.24) is 9.97 Å². The van der Waals surface area contributed by atoms with Crippen LogP contribution in [-0.4, -0.2) is 16.6 Å². The van der Waals surface area contributed by atoms with Gasteiger partial charge in [0.1, 0.15) is 17.5 Å². The lowest BCUT2D eigenvalue weighted by molar-refractivity contribution is 0.327. The molecule has 0 fully saturated rings. The van der Waals surface area contributed by atoms with Crippen LogP contribution in [0, 0.1) is 11.3 Å². The number of benzene rings is 1. The van der Waals surface area contributed by atoms with Gasteiger partial charge in [0.05, 0.1) is 6.61 Å². The highest BCUT2D eigenvalue weighted by Crippen LogP contribution is 2.35. The molecule has 1 aromatic carbocycles. The van der Waals surface area contributed by atoms with Crippen molar-refractivity contribution in [3.8, 4) is 23.1 Å². The van der Waals surface area contributed by atoms with Gasteiger partial charge in [-0.25, -0.2) is 4.98 Å². The van der Waals surface area contributed by atoms with Crippen molar-refractivity contribution in [2.75, 3.05) is 12.3 Å². The Morgan fingerprint density at radius 1 is 1.14 bits per heavy atom. The van der Waals surface area contributed by atoms with Gasteiger partial charge in [-0.3, -0.25) is 0 Å². The molecule has 0 saturated carbocycles. The van der Waals surface area contributed by atoms with Gasteiger partial charge in [-0.2, -0.15) is 10.2 Å². The Morgan fingerprint density at radius 2 is 1.91 bits per heavy atom. The van der Waals surface area contributed by atoms with Crippen LogP contribution in [0.5, 0.6) is 5.88 Å². The number of pyridine rings is 2. The molecule has 22 heavy (non-hydrogen) atoms. The van der Waals surface area contributed by atoms with E-state index in [0.717, 1.165) is 16.5 Å². The van der Waals surface area contributed by atoms with E-state index in [1.54, 1.807) is 6.07 Å². The average Bonchev–Trinajstić information content (AvgIpc) is 2.54. The Bertz CT molecular complexity index is 869. The summed E-state index contributed by atoms with van der Waals surface area (Å²) in [5.74, 6) is 0.667. The second kappa shape index (κ2) is 5.70. The fourth-order valence-electron chi connectivity index (χ4n) is 2.39. The minimum atomic E-state index is 0.287. The molecule has 5 heteroatoms. The summed E-state index contributed by atoms with van der Waals surface area (Å²) in [5.41, 5.74) is 8.32. The quantitative estimate of drug-likeness (QED) is 0.801. The summed E-state index contributed by atoms with van der Waals surface area (Å²) in [6.07, 6.45) is 0. The molecule has 3 aromatic rings. The largest absolute Gasteiger partial charge is 0.477 e. The molecule has 0 radical (unpaired) electrons. The molecule has 0 spiro atoms. The van der Waals surface area contributed by atoms with E-state index in [2.05, 4.69) is 16.0 Å². The molecule has 3 rings (SSSR count). The highest BCUT2D eigenvalue weighted by atomic mass is 16.5. The number of hydrogen-bond donors (Lipinski definition) is 1. The normalized spacial score (nSPS) is 10.4. The van der Waals surface area contributed by atoms with Crippen LogP contribution in [0.15, 0.2) is 42.5 Å². The molecule has 0 atom stereocenters. The average molecular weight is 290 g/mol. The molecule has 0 aliphatic heterocycles. The van der Waals surface area contributed by atoms with E-state index < -0.39 is 0 Å². The molecular weight excluding hydrogens is 276 g/mol. The Balaban J connectivity index is 2.43. The van der Waals surface area contributed by atoms with Gasteiger partial charge in [-0.05, 0) is 24.6 Å². The van der Waals surface area contributed by atoms with E-state index >= 15 is 0 Å². The molecule has 0 aliphatic carbocycles. The maximum atomic E-state index is 9.59. The lowest BCUT2D eigenvalue weighted by atomic mass is 9.98. The summed E-state index contributed by atoms with van der Waals surface area (Å²) in [7, 11) is 0. The zero-order chi connectivity index (χ0) is 15.5. The van der Waals surface area contributed by atoms with Gasteiger partial charge in [0.25, 0.3) is 0 Å². The van der Waals surface area contributed by atoms with Gasteiger partial charge in [0.15, 0.2) is 5.65 Å². The molecule has 108 valence electrons. The van der Waals surface area contributed by atoms with E-state index in [4.69, 9.17) is 10.5 Å². The van der Waals surface area contributed by atoms with Gasteiger partial charge in [0.2, 0.25) is 5.88 Å². The summed E-state index contributed by atoms with van der Waals surface area (Å²) in [6, 6.07) is 15.4. The van der Waals surface area contributed by atoms with Crippen molar-refractivity contribution >= 4 is 16.9 Å². The summed E-state index contributed by atoms with van der Waals surface area (Å²) in [5, 5.41) is 10.4. The van der Waals surface area contributed by atoms with Crippen LogP contribution in [0.25, 0.3) is 22.2 Å². The molecular formula is C17H14N4O. The first-order chi connectivity index (χ1) is 10.7. The second-order valence-corrected chi connectivity index (χ2v) is 4.69. The Hall–Kier alpha value is -3.13. The van der Waals surface area contributed by atoms with Gasteiger partial charge < -0.3 is 10.5 Å². The van der Waals surface area contributed by atoms with Gasteiger partial charge in [-0.1, -0.05) is 30.3 Å². The summed E-state index contributed by atoms with van der Waals surface area (Å²) in [6.45, 7) is 2.27. The highest BCUT2D eigenvalue weighted by molar-refractivity contribution is 5.97. The van der Waals surface area contributed by atoms with Crippen molar-refractivity contribution in [2.45, 2.75) is 6.92 Å². The molecule has 0 aliphatic rings. The second-order valence-electron chi connectivity index (χ2n) is 4.69. The lowest BCUT2D eigenvalue weighted by Crippen LogP contribution is -2.02. The number of nitrogens with zero attached hydrogens (tertiary/aromatic N) is 3. The monoisotopic (exact) mass is 290 g/mol. The van der Waals surface area contributed by atoms with E-state index in [9.17, 15) is 5.26 Å². The number of hydrogen-bond acceptors (Lipinski definition) is 5. The summed E-state index contributed by atoms with van der Waals surface area (Å²) >= 11 is 0. The van der Waals surface area contributed by atoms with Crippen molar-refractivity contribution in [2.24, 2.45) is 0 Å². The highest BCUT2D eigenvalue weighted by Gasteiger charge is 2.18. The molecule has 0 amide bonds. The van der Waals surface area contributed by atoms with E-state index in [1.165, 1.54) is 0 Å². The number of ether oxygens (including phenoxy) is 1. The number of nitriles is 1. The fraction of sp³-hybridized carbons (Fsp3) is 0.118. The zero-order valence-electron chi connectivity index (χ0n) is 12.1. The van der Waals surface area contributed by atoms with Crippen molar-refractivity contribution in [3.05, 3.63) is 48.0 Å². The van der Waals surface area contributed by atoms with Crippen LogP contribution in [0.4, 0.5) is 5.82 Å². The molecule has 5 nitrogen and oxygen atoms in total. The summed E-state index contributed by atoms with van der Waals surface area (Å²) in [4.78, 5) is 8.60. The van der Waals surface area contributed by atoms with Crippen LogP contribution in [0.3, 0.4) is 0 Å². The number of aromatic nitrogens is 2. The standard InChI is InChI=1S/C17H14N4O/c1-2-22-17-13(10-18)15(11-6-4-3-5-7-11)12-8-9-14(19)20-16(12)21-17/h3-9H,2H2,1H3,(H2,19,20,21). The minimum Gasteiger partial charge on any atom is -0.477 e. The van der Waals surface area contributed by atoms with Crippen molar-refractivity contribution in [1.29, 1.82) is 5.26 Å². The van der Waals surface area contributed by atoms with Crippen LogP contribution < -0.4 is 10.5 Å². The lowest BCUT2D eigenvalue weighted by Gasteiger charge is -2.12. The first-order valence-corrected chi connectivity index (χ1v) is 6.93. The SMILES string of the molecule is CCOc1nc2nc(N)ccc2c(-c2ccccc2)c1C#N. The predicted molar refractivity (Wildman–Crippen MR) is 85.3 cm³/mol. The van der Waals surface area contributed by atoms with Crippen LogP contribution in [0.2, 0.25) is 0 Å². The van der Waals surface area contributed by atoms with E-state index in [-0.39, 0.29) is 5.88 Å². The number of nitrogen functional groups attached to an aromatic ring is 1. The minimum absolute atomic E-state index is 0.287. The predicted octanol–water partition coefficient (Wildman–Crippen LogP) is 3.15. The number of fused-ring (bicyclic) bond motifs is 1.